The molecule has 4 N–H and O–H groups in total. The number of methoxy groups -OCH3 is 1. The van der Waals surface area contributed by atoms with Crippen LogP contribution < -0.4 is 20.7 Å². The Morgan fingerprint density at radius 2 is 2.00 bits per heavy atom. The monoisotopic (exact) mass is 457 g/mol. The molecule has 0 spiro atoms. The number of benzene rings is 2. The van der Waals surface area contributed by atoms with E-state index in [1.807, 2.05) is 36.4 Å². The molecule has 2 aromatic carbocycles. The first kappa shape index (κ1) is 21.5. The quantitative estimate of drug-likeness (QED) is 0.484. The first-order chi connectivity index (χ1) is 15.0. The lowest BCUT2D eigenvalue weighted by molar-refractivity contribution is 0.145. The number of anilines is 2. The number of nitrogens with zero attached hydrogens (tertiary/aromatic N) is 3. The summed E-state index contributed by atoms with van der Waals surface area (Å²) < 4.78 is 5.21. The van der Waals surface area contributed by atoms with Gasteiger partial charge in [0.25, 0.3) is 0 Å². The van der Waals surface area contributed by atoms with Crippen LogP contribution in [0, 0.1) is 0 Å². The van der Waals surface area contributed by atoms with E-state index in [9.17, 15) is 5.11 Å². The van der Waals surface area contributed by atoms with Crippen molar-refractivity contribution in [3.63, 3.8) is 0 Å². The van der Waals surface area contributed by atoms with Gasteiger partial charge in [0, 0.05) is 36.0 Å². The summed E-state index contributed by atoms with van der Waals surface area (Å²) in [5.41, 5.74) is 7.63. The maximum Gasteiger partial charge on any atom is 0.159 e. The van der Waals surface area contributed by atoms with Crippen molar-refractivity contribution >= 4 is 51.2 Å². The molecule has 31 heavy (non-hydrogen) atoms. The molecule has 0 amide bonds. The van der Waals surface area contributed by atoms with Crippen LogP contribution in [0.15, 0.2) is 36.4 Å². The van der Waals surface area contributed by atoms with E-state index in [-0.39, 0.29) is 6.10 Å². The Hall–Kier alpha value is -2.68. The number of rotatable bonds is 6. The minimum Gasteiger partial charge on any atom is -0.495 e. The van der Waals surface area contributed by atoms with Gasteiger partial charge in [0.2, 0.25) is 0 Å². The van der Waals surface area contributed by atoms with E-state index in [1.54, 1.807) is 7.11 Å². The summed E-state index contributed by atoms with van der Waals surface area (Å²) in [5.74, 6) is 2.07. The highest BCUT2D eigenvalue weighted by atomic mass is 35.5. The highest BCUT2D eigenvalue weighted by molar-refractivity contribution is 7.80. The van der Waals surface area contributed by atoms with Crippen LogP contribution in [-0.2, 0) is 6.54 Å². The van der Waals surface area contributed by atoms with Crippen LogP contribution in [0.1, 0.15) is 24.0 Å². The van der Waals surface area contributed by atoms with Crippen molar-refractivity contribution in [1.82, 2.24) is 10.2 Å². The number of aliphatic hydroxyl groups excluding tert-OH is 1. The number of thiocarbonyl (C=S) groups is 1. The molecule has 0 unspecified atom stereocenters. The van der Waals surface area contributed by atoms with Gasteiger partial charge in [0.15, 0.2) is 11.6 Å². The van der Waals surface area contributed by atoms with Crippen LogP contribution >= 0.6 is 23.8 Å². The van der Waals surface area contributed by atoms with Crippen molar-refractivity contribution in [3.8, 4) is 5.75 Å². The molecule has 3 aromatic rings. The average molecular weight is 458 g/mol. The summed E-state index contributed by atoms with van der Waals surface area (Å²) in [6.45, 7) is 1.98. The molecule has 4 rings (SSSR count). The Labute approximate surface area is 191 Å². The number of aromatic nitrogens is 2. The molecule has 9 heteroatoms. The van der Waals surface area contributed by atoms with Crippen LogP contribution in [0.25, 0.3) is 10.8 Å². The van der Waals surface area contributed by atoms with Gasteiger partial charge >= 0.3 is 0 Å². The normalized spacial score (nSPS) is 14.6. The molecule has 0 bridgehead atoms. The molecule has 0 saturated carbocycles. The van der Waals surface area contributed by atoms with E-state index in [0.717, 1.165) is 40.8 Å². The minimum atomic E-state index is -0.256. The molecule has 7 nitrogen and oxygen atoms in total. The summed E-state index contributed by atoms with van der Waals surface area (Å²) in [6.07, 6.45) is 1.17. The van der Waals surface area contributed by atoms with Gasteiger partial charge < -0.3 is 25.8 Å². The van der Waals surface area contributed by atoms with Crippen molar-refractivity contribution in [3.05, 3.63) is 52.5 Å². The maximum absolute atomic E-state index is 9.84. The summed E-state index contributed by atoms with van der Waals surface area (Å²) in [7, 11) is 1.59. The zero-order valence-electron chi connectivity index (χ0n) is 17.1. The van der Waals surface area contributed by atoms with Crippen molar-refractivity contribution in [1.29, 1.82) is 0 Å². The van der Waals surface area contributed by atoms with E-state index >= 15 is 0 Å². The van der Waals surface area contributed by atoms with Gasteiger partial charge in [-0.2, -0.15) is 0 Å². The summed E-state index contributed by atoms with van der Waals surface area (Å²) in [4.78, 5) is 2.49. The van der Waals surface area contributed by atoms with Gasteiger partial charge in [-0.05, 0) is 42.7 Å². The zero-order valence-corrected chi connectivity index (χ0v) is 18.7. The van der Waals surface area contributed by atoms with E-state index in [1.165, 1.54) is 0 Å². The fraction of sp³-hybridized carbons (Fsp3) is 0.318. The van der Waals surface area contributed by atoms with Gasteiger partial charge in [-0.25, -0.2) is 0 Å². The number of nitrogens with two attached hydrogens (primary N) is 1. The Kier molecular flexibility index (Phi) is 6.41. The Morgan fingerprint density at radius 3 is 2.68 bits per heavy atom. The standard InChI is InChI=1S/C22H24ClN5O2S/c1-30-19-5-2-13(10-18(19)23)12-25-21-17-11-14(20(24)31)3-4-16(17)22(27-26-21)28-8-6-15(29)7-9-28/h2-5,10-11,15,29H,6-9,12H2,1H3,(H2,24,31)(H,25,26). The van der Waals surface area contributed by atoms with E-state index < -0.39 is 0 Å². The topological polar surface area (TPSA) is 96.5 Å². The average Bonchev–Trinajstić information content (AvgIpc) is 2.77. The number of aliphatic hydroxyl groups is 1. The Morgan fingerprint density at radius 1 is 1.23 bits per heavy atom. The lowest BCUT2D eigenvalue weighted by Gasteiger charge is -2.31. The van der Waals surface area contributed by atoms with Gasteiger partial charge in [0.1, 0.15) is 10.7 Å². The fourth-order valence-electron chi connectivity index (χ4n) is 3.74. The Balaban J connectivity index is 1.67. The van der Waals surface area contributed by atoms with Crippen LogP contribution in [0.4, 0.5) is 11.6 Å². The summed E-state index contributed by atoms with van der Waals surface area (Å²) in [5, 5.41) is 24.6. The molecule has 2 heterocycles. The Bertz CT molecular complexity index is 1120. The van der Waals surface area contributed by atoms with E-state index in [4.69, 9.17) is 34.3 Å². The zero-order chi connectivity index (χ0) is 22.0. The lowest BCUT2D eigenvalue weighted by Crippen LogP contribution is -2.36. The van der Waals surface area contributed by atoms with Crippen molar-refractivity contribution in [2.24, 2.45) is 5.73 Å². The van der Waals surface area contributed by atoms with E-state index in [2.05, 4.69) is 20.4 Å². The summed E-state index contributed by atoms with van der Waals surface area (Å²) in [6, 6.07) is 11.5. The van der Waals surface area contributed by atoms with Crippen molar-refractivity contribution in [2.75, 3.05) is 30.4 Å². The third-order valence-electron chi connectivity index (χ3n) is 5.49. The van der Waals surface area contributed by atoms with Crippen molar-refractivity contribution < 1.29 is 9.84 Å². The van der Waals surface area contributed by atoms with E-state index in [0.29, 0.717) is 41.0 Å². The molecule has 1 aliphatic heterocycles. The summed E-state index contributed by atoms with van der Waals surface area (Å²) >= 11 is 11.4. The molecular weight excluding hydrogens is 434 g/mol. The molecule has 162 valence electrons. The SMILES string of the molecule is COc1ccc(CNc2nnc(N3CCC(O)CC3)c3ccc(C(N)=S)cc23)cc1Cl. The molecule has 1 fully saturated rings. The second-order valence-electron chi connectivity index (χ2n) is 7.54. The second kappa shape index (κ2) is 9.21. The lowest BCUT2D eigenvalue weighted by atomic mass is 10.1. The third kappa shape index (κ3) is 4.66. The first-order valence-corrected chi connectivity index (χ1v) is 10.8. The number of ether oxygens (including phenoxy) is 1. The smallest absolute Gasteiger partial charge is 0.159 e. The minimum absolute atomic E-state index is 0.256. The molecule has 1 saturated heterocycles. The predicted octanol–water partition coefficient (Wildman–Crippen LogP) is 3.50. The first-order valence-electron chi connectivity index (χ1n) is 10.1. The largest absolute Gasteiger partial charge is 0.495 e. The van der Waals surface area contributed by atoms with Gasteiger partial charge in [-0.15, -0.1) is 10.2 Å². The van der Waals surface area contributed by atoms with Crippen LogP contribution in [-0.4, -0.2) is 46.6 Å². The highest BCUT2D eigenvalue weighted by Gasteiger charge is 2.21. The van der Waals surface area contributed by atoms with Crippen LogP contribution in [0.5, 0.6) is 5.75 Å². The van der Waals surface area contributed by atoms with Crippen LogP contribution in [0.2, 0.25) is 5.02 Å². The highest BCUT2D eigenvalue weighted by Crippen LogP contribution is 2.32. The van der Waals surface area contributed by atoms with Gasteiger partial charge in [-0.1, -0.05) is 36.0 Å². The number of hydrogen-bond donors (Lipinski definition) is 3. The third-order valence-corrected chi connectivity index (χ3v) is 6.02. The molecule has 0 aliphatic carbocycles. The van der Waals surface area contributed by atoms with Crippen molar-refractivity contribution in [2.45, 2.75) is 25.5 Å². The second-order valence-corrected chi connectivity index (χ2v) is 8.38. The maximum atomic E-state index is 9.84. The number of halogens is 1. The molecule has 0 atom stereocenters. The van der Waals surface area contributed by atoms with Gasteiger partial charge in [-0.3, -0.25) is 0 Å². The number of nitrogens with one attached hydrogen (secondary N) is 1. The molecule has 1 aliphatic rings. The molecule has 0 radical (unpaired) electrons. The predicted molar refractivity (Wildman–Crippen MR) is 128 cm³/mol. The van der Waals surface area contributed by atoms with Crippen LogP contribution in [0.3, 0.4) is 0 Å². The molecular formula is C22H24ClN5O2S. The van der Waals surface area contributed by atoms with Gasteiger partial charge in [0.05, 0.1) is 18.2 Å². The number of piperidine rings is 1. The number of hydrogen-bond acceptors (Lipinski definition) is 7. The number of fused-ring (bicyclic) bond motifs is 1. The fourth-order valence-corrected chi connectivity index (χ4v) is 4.15. The molecule has 1 aromatic heterocycles.